The molecule has 110 valence electrons. The van der Waals surface area contributed by atoms with Crippen LogP contribution in [-0.4, -0.2) is 37.7 Å². The van der Waals surface area contributed by atoms with E-state index in [0.717, 1.165) is 13.0 Å². The van der Waals surface area contributed by atoms with Gasteiger partial charge in [-0.25, -0.2) is 0 Å². The molecule has 2 atom stereocenters. The maximum Gasteiger partial charge on any atom is 0.264 e. The summed E-state index contributed by atoms with van der Waals surface area (Å²) in [5.41, 5.74) is 0. The van der Waals surface area contributed by atoms with Crippen molar-refractivity contribution in [2.24, 2.45) is 0 Å². The molecule has 0 radical (unpaired) electrons. The van der Waals surface area contributed by atoms with Gasteiger partial charge in [0.2, 0.25) is 6.10 Å². The van der Waals surface area contributed by atoms with Gasteiger partial charge in [-0.15, -0.1) is 12.4 Å². The Labute approximate surface area is 124 Å². The van der Waals surface area contributed by atoms with E-state index in [-0.39, 0.29) is 24.9 Å². The fourth-order valence-corrected chi connectivity index (χ4v) is 2.42. The minimum atomic E-state index is -0.559. The lowest BCUT2D eigenvalue weighted by atomic mass is 10.2. The average Bonchev–Trinajstić information content (AvgIpc) is 2.97. The molecule has 1 saturated heterocycles. The van der Waals surface area contributed by atoms with E-state index in [9.17, 15) is 4.79 Å². The van der Waals surface area contributed by atoms with Crippen LogP contribution >= 0.6 is 12.4 Å². The SMILES string of the molecule is Cl.O=C(NCC1CCCN1)C1COc2ccccc2O1. The van der Waals surface area contributed by atoms with E-state index in [1.165, 1.54) is 6.42 Å². The van der Waals surface area contributed by atoms with Crippen LogP contribution in [0.3, 0.4) is 0 Å². The summed E-state index contributed by atoms with van der Waals surface area (Å²) in [5, 5.41) is 6.26. The lowest BCUT2D eigenvalue weighted by Gasteiger charge is -2.26. The number of fused-ring (bicyclic) bond motifs is 1. The third kappa shape index (κ3) is 3.35. The molecule has 0 bridgehead atoms. The first-order valence-electron chi connectivity index (χ1n) is 6.72. The molecule has 0 aliphatic carbocycles. The average molecular weight is 299 g/mol. The summed E-state index contributed by atoms with van der Waals surface area (Å²) in [7, 11) is 0. The number of amides is 1. The summed E-state index contributed by atoms with van der Waals surface area (Å²) in [4.78, 5) is 12.0. The predicted octanol–water partition coefficient (Wildman–Crippen LogP) is 1.12. The Morgan fingerprint density at radius 1 is 1.35 bits per heavy atom. The van der Waals surface area contributed by atoms with Crippen LogP contribution in [0.4, 0.5) is 0 Å². The van der Waals surface area contributed by atoms with Crippen molar-refractivity contribution in [3.05, 3.63) is 24.3 Å². The molecule has 0 aromatic heterocycles. The number of rotatable bonds is 3. The maximum atomic E-state index is 12.0. The number of carbonyl (C=O) groups excluding carboxylic acids is 1. The first kappa shape index (κ1) is 14.9. The Hall–Kier alpha value is -1.46. The topological polar surface area (TPSA) is 59.6 Å². The lowest BCUT2D eigenvalue weighted by molar-refractivity contribution is -0.130. The van der Waals surface area contributed by atoms with Crippen LogP contribution in [-0.2, 0) is 4.79 Å². The molecule has 3 rings (SSSR count). The zero-order valence-electron chi connectivity index (χ0n) is 11.1. The molecule has 5 nitrogen and oxygen atoms in total. The number of hydrogen-bond acceptors (Lipinski definition) is 4. The Balaban J connectivity index is 0.00000147. The highest BCUT2D eigenvalue weighted by atomic mass is 35.5. The first-order chi connectivity index (χ1) is 9.33. The van der Waals surface area contributed by atoms with Gasteiger partial charge in [0.05, 0.1) is 0 Å². The van der Waals surface area contributed by atoms with Gasteiger partial charge >= 0.3 is 0 Å². The smallest absolute Gasteiger partial charge is 0.264 e. The third-order valence-corrected chi connectivity index (χ3v) is 3.49. The van der Waals surface area contributed by atoms with Crippen molar-refractivity contribution in [1.82, 2.24) is 10.6 Å². The quantitative estimate of drug-likeness (QED) is 0.878. The summed E-state index contributed by atoms with van der Waals surface area (Å²) in [6.45, 7) is 1.96. The van der Waals surface area contributed by atoms with Crippen LogP contribution in [0.2, 0.25) is 0 Å². The molecule has 1 amide bonds. The van der Waals surface area contributed by atoms with Crippen LogP contribution in [0.25, 0.3) is 0 Å². The van der Waals surface area contributed by atoms with E-state index in [1.54, 1.807) is 0 Å². The van der Waals surface area contributed by atoms with Gasteiger partial charge in [0.25, 0.3) is 5.91 Å². The van der Waals surface area contributed by atoms with Gasteiger partial charge in [-0.1, -0.05) is 12.1 Å². The van der Waals surface area contributed by atoms with E-state index < -0.39 is 6.10 Å². The van der Waals surface area contributed by atoms with Crippen molar-refractivity contribution in [3.63, 3.8) is 0 Å². The van der Waals surface area contributed by atoms with E-state index in [2.05, 4.69) is 10.6 Å². The lowest BCUT2D eigenvalue weighted by Crippen LogP contribution is -2.47. The van der Waals surface area contributed by atoms with Gasteiger partial charge in [-0.2, -0.15) is 0 Å². The summed E-state index contributed by atoms with van der Waals surface area (Å²) in [6, 6.07) is 7.79. The number of ether oxygens (including phenoxy) is 2. The molecule has 1 aromatic rings. The first-order valence-corrected chi connectivity index (χ1v) is 6.72. The Morgan fingerprint density at radius 3 is 2.90 bits per heavy atom. The van der Waals surface area contributed by atoms with Crippen molar-refractivity contribution < 1.29 is 14.3 Å². The van der Waals surface area contributed by atoms with Gasteiger partial charge in [0.1, 0.15) is 6.61 Å². The Morgan fingerprint density at radius 2 is 2.15 bits per heavy atom. The molecule has 0 saturated carbocycles. The number of para-hydroxylation sites is 2. The Bertz CT molecular complexity index is 463. The second-order valence-corrected chi connectivity index (χ2v) is 4.90. The summed E-state index contributed by atoms with van der Waals surface area (Å²) < 4.78 is 11.2. The number of halogens is 1. The van der Waals surface area contributed by atoms with E-state index >= 15 is 0 Å². The summed E-state index contributed by atoms with van der Waals surface area (Å²) in [5.74, 6) is 1.22. The van der Waals surface area contributed by atoms with Crippen LogP contribution in [0.5, 0.6) is 11.5 Å². The third-order valence-electron chi connectivity index (χ3n) is 3.49. The number of carbonyl (C=O) groups is 1. The van der Waals surface area contributed by atoms with Crippen molar-refractivity contribution in [3.8, 4) is 11.5 Å². The molecule has 0 spiro atoms. The monoisotopic (exact) mass is 298 g/mol. The second-order valence-electron chi connectivity index (χ2n) is 4.90. The largest absolute Gasteiger partial charge is 0.485 e. The molecule has 20 heavy (non-hydrogen) atoms. The van der Waals surface area contributed by atoms with Crippen LogP contribution in [0.15, 0.2) is 24.3 Å². The molecule has 2 unspecified atom stereocenters. The van der Waals surface area contributed by atoms with Crippen molar-refractivity contribution >= 4 is 18.3 Å². The fraction of sp³-hybridized carbons (Fsp3) is 0.500. The van der Waals surface area contributed by atoms with Gasteiger partial charge < -0.3 is 20.1 Å². The van der Waals surface area contributed by atoms with Crippen LogP contribution in [0, 0.1) is 0 Å². The molecule has 1 aromatic carbocycles. The van der Waals surface area contributed by atoms with E-state index in [0.29, 0.717) is 24.1 Å². The number of benzene rings is 1. The van der Waals surface area contributed by atoms with Crippen molar-refractivity contribution in [2.45, 2.75) is 25.0 Å². The van der Waals surface area contributed by atoms with Crippen LogP contribution in [0.1, 0.15) is 12.8 Å². The van der Waals surface area contributed by atoms with Gasteiger partial charge in [0.15, 0.2) is 11.5 Å². The summed E-state index contributed by atoms with van der Waals surface area (Å²) >= 11 is 0. The molecule has 2 aliphatic rings. The Kier molecular flexibility index (Phi) is 5.09. The van der Waals surface area contributed by atoms with Crippen molar-refractivity contribution in [2.75, 3.05) is 19.7 Å². The zero-order chi connectivity index (χ0) is 13.1. The minimum absolute atomic E-state index is 0. The molecule has 2 aliphatic heterocycles. The van der Waals surface area contributed by atoms with Gasteiger partial charge in [-0.3, -0.25) is 4.79 Å². The highest BCUT2D eigenvalue weighted by Gasteiger charge is 2.27. The van der Waals surface area contributed by atoms with Crippen LogP contribution < -0.4 is 20.1 Å². The van der Waals surface area contributed by atoms with Crippen molar-refractivity contribution in [1.29, 1.82) is 0 Å². The number of hydrogen-bond donors (Lipinski definition) is 2. The fourth-order valence-electron chi connectivity index (χ4n) is 2.42. The molecule has 2 heterocycles. The zero-order valence-corrected chi connectivity index (χ0v) is 11.9. The summed E-state index contributed by atoms with van der Waals surface area (Å²) in [6.07, 6.45) is 1.73. The molecule has 2 N–H and O–H groups in total. The number of nitrogens with one attached hydrogen (secondary N) is 2. The normalized spacial score (nSPS) is 23.8. The molecule has 1 fully saturated rings. The standard InChI is InChI=1S/C14H18N2O3.ClH/c17-14(16-8-10-4-3-7-15-10)13-9-18-11-5-1-2-6-12(11)19-13;/h1-2,5-6,10,13,15H,3-4,7-9H2,(H,16,17);1H. The van der Waals surface area contributed by atoms with Gasteiger partial charge in [-0.05, 0) is 31.5 Å². The maximum absolute atomic E-state index is 12.0. The molecule has 6 heteroatoms. The van der Waals surface area contributed by atoms with E-state index in [1.807, 2.05) is 24.3 Å². The minimum Gasteiger partial charge on any atom is -0.485 e. The molecular formula is C14H19ClN2O3. The highest BCUT2D eigenvalue weighted by Crippen LogP contribution is 2.30. The molecular weight excluding hydrogens is 280 g/mol. The van der Waals surface area contributed by atoms with Gasteiger partial charge in [0, 0.05) is 12.6 Å². The predicted molar refractivity (Wildman–Crippen MR) is 77.6 cm³/mol. The van der Waals surface area contributed by atoms with E-state index in [4.69, 9.17) is 9.47 Å². The second kappa shape index (κ2) is 6.81. The highest BCUT2D eigenvalue weighted by molar-refractivity contribution is 5.85.